The fraction of sp³-hybridized carbons (Fsp3) is 0.270. The highest BCUT2D eigenvalue weighted by atomic mass is 16.5. The second-order valence-corrected chi connectivity index (χ2v) is 12.6. The quantitative estimate of drug-likeness (QED) is 0.190. The van der Waals surface area contributed by atoms with Crippen molar-refractivity contribution in [3.05, 3.63) is 112 Å². The molecule has 6 rings (SSSR count). The zero-order valence-electron chi connectivity index (χ0n) is 25.9. The van der Waals surface area contributed by atoms with Crippen LogP contribution in [0, 0.1) is 0 Å². The second-order valence-electron chi connectivity index (χ2n) is 12.6. The lowest BCUT2D eigenvalue weighted by molar-refractivity contribution is -0.137. The third-order valence-electron chi connectivity index (χ3n) is 9.03. The normalized spacial score (nSPS) is 16.2. The summed E-state index contributed by atoms with van der Waals surface area (Å²) in [6, 6.07) is 24.1. The van der Waals surface area contributed by atoms with Crippen LogP contribution in [0.1, 0.15) is 73.0 Å². The van der Waals surface area contributed by atoms with E-state index in [1.165, 1.54) is 0 Å². The molecule has 0 saturated heterocycles. The summed E-state index contributed by atoms with van der Waals surface area (Å²) in [5, 5.41) is 31.1. The summed E-state index contributed by atoms with van der Waals surface area (Å²) >= 11 is 0. The van der Waals surface area contributed by atoms with Crippen LogP contribution in [0.5, 0.6) is 17.2 Å². The summed E-state index contributed by atoms with van der Waals surface area (Å²) in [6.07, 6.45) is 1.49. The van der Waals surface area contributed by atoms with Crippen LogP contribution < -0.4 is 24.8 Å². The fourth-order valence-electron chi connectivity index (χ4n) is 6.88. The number of aromatic carboxylic acids is 1. The van der Waals surface area contributed by atoms with E-state index in [1.807, 2.05) is 60.5 Å². The Balaban J connectivity index is 1.61. The summed E-state index contributed by atoms with van der Waals surface area (Å²) < 4.78 is 8.98. The van der Waals surface area contributed by atoms with Gasteiger partial charge >= 0.3 is 11.9 Å². The highest BCUT2D eigenvalue weighted by molar-refractivity contribution is 5.98. The average Bonchev–Trinajstić information content (AvgIpc) is 3.00. The molecule has 2 heterocycles. The van der Waals surface area contributed by atoms with Gasteiger partial charge in [-0.05, 0) is 73.9 Å². The molecule has 0 fully saturated rings. The Labute approximate surface area is 261 Å². The molecule has 0 bridgehead atoms. The van der Waals surface area contributed by atoms with E-state index in [-0.39, 0.29) is 29.2 Å². The lowest BCUT2D eigenvalue weighted by Crippen LogP contribution is -2.53. The van der Waals surface area contributed by atoms with Crippen LogP contribution in [0.2, 0.25) is 0 Å². The topological polar surface area (TPSA) is 110 Å². The van der Waals surface area contributed by atoms with Crippen LogP contribution in [0.15, 0.2) is 78.9 Å². The highest BCUT2D eigenvalue weighted by Gasteiger charge is 2.39. The largest absolute Gasteiger partial charge is 0.508 e. The van der Waals surface area contributed by atoms with Gasteiger partial charge < -0.3 is 25.0 Å². The minimum atomic E-state index is -1.01. The van der Waals surface area contributed by atoms with Gasteiger partial charge in [0.2, 0.25) is 5.36 Å². The van der Waals surface area contributed by atoms with Crippen LogP contribution in [-0.4, -0.2) is 46.4 Å². The van der Waals surface area contributed by atoms with Gasteiger partial charge in [-0.2, -0.15) is 0 Å². The predicted octanol–water partition coefficient (Wildman–Crippen LogP) is 5.85. The molecule has 1 atom stereocenters. The number of carboxylic acids is 2. The monoisotopic (exact) mass is 605 g/mol. The number of ether oxygens (including phenoxy) is 1. The van der Waals surface area contributed by atoms with E-state index in [0.29, 0.717) is 30.0 Å². The molecule has 0 aliphatic carbocycles. The minimum absolute atomic E-state index is 0.0908. The number of hydrogen-bond acceptors (Lipinski definition) is 5. The molecule has 8 heteroatoms. The lowest BCUT2D eigenvalue weighted by Gasteiger charge is -2.32. The van der Waals surface area contributed by atoms with Crippen molar-refractivity contribution >= 4 is 28.9 Å². The second kappa shape index (κ2) is 11.4. The predicted molar refractivity (Wildman–Crippen MR) is 173 cm³/mol. The number of anilines is 2. The van der Waals surface area contributed by atoms with E-state index in [4.69, 9.17) is 4.74 Å². The van der Waals surface area contributed by atoms with Crippen LogP contribution >= 0.6 is 0 Å². The van der Waals surface area contributed by atoms with E-state index in [0.717, 1.165) is 45.1 Å². The average molecular weight is 606 g/mol. The van der Waals surface area contributed by atoms with Gasteiger partial charge in [-0.15, -0.1) is 0 Å². The Morgan fingerprint density at radius 1 is 0.933 bits per heavy atom. The Morgan fingerprint density at radius 3 is 2.36 bits per heavy atom. The number of carboxylic acid groups (broad SMARTS) is 2. The zero-order valence-corrected chi connectivity index (χ0v) is 25.9. The first-order valence-corrected chi connectivity index (χ1v) is 15.2. The summed E-state index contributed by atoms with van der Waals surface area (Å²) in [7, 11) is 1.93. The number of phenols is 1. The summed E-state index contributed by atoms with van der Waals surface area (Å²) in [5.74, 6) is -0.195. The van der Waals surface area contributed by atoms with Crippen molar-refractivity contribution in [2.75, 3.05) is 18.5 Å². The number of nitrogens with zero attached hydrogens (tertiary/aromatic N) is 2. The molecule has 4 aromatic rings. The molecular weight excluding hydrogens is 568 g/mol. The molecule has 0 saturated carbocycles. The van der Waals surface area contributed by atoms with Gasteiger partial charge in [-0.25, -0.2) is 9.37 Å². The number of rotatable bonds is 8. The van der Waals surface area contributed by atoms with Gasteiger partial charge in [0.15, 0.2) is 5.54 Å². The molecule has 2 aliphatic rings. The van der Waals surface area contributed by atoms with Gasteiger partial charge in [0.1, 0.15) is 23.8 Å². The third kappa shape index (κ3) is 5.52. The molecule has 2 aliphatic heterocycles. The van der Waals surface area contributed by atoms with Crippen molar-refractivity contribution in [1.29, 1.82) is 0 Å². The summed E-state index contributed by atoms with van der Waals surface area (Å²) in [6.45, 7) is 7.17. The first-order valence-electron chi connectivity index (χ1n) is 15.2. The van der Waals surface area contributed by atoms with E-state index >= 15 is 0 Å². The molecule has 230 valence electrons. The fourth-order valence-corrected chi connectivity index (χ4v) is 6.88. The number of fused-ring (bicyclic) bond motifs is 3. The zero-order chi connectivity index (χ0) is 32.0. The maximum absolute atomic E-state index is 12.4. The Bertz CT molecular complexity index is 1960. The van der Waals surface area contributed by atoms with Crippen molar-refractivity contribution < 1.29 is 29.6 Å². The minimum Gasteiger partial charge on any atom is -0.508 e. The number of phenolic OH excluding ortho intramolecular Hbond substituents is 1. The van der Waals surface area contributed by atoms with E-state index < -0.39 is 11.9 Å². The maximum Gasteiger partial charge on any atom is 0.336 e. The van der Waals surface area contributed by atoms with Crippen LogP contribution in [0.3, 0.4) is 0 Å². The van der Waals surface area contributed by atoms with Gasteiger partial charge in [0.05, 0.1) is 18.1 Å². The van der Waals surface area contributed by atoms with E-state index in [9.17, 15) is 24.9 Å². The Morgan fingerprint density at radius 2 is 1.64 bits per heavy atom. The highest BCUT2D eigenvalue weighted by Crippen LogP contribution is 2.41. The molecule has 0 spiro atoms. The summed E-state index contributed by atoms with van der Waals surface area (Å²) in [4.78, 5) is 25.8. The molecule has 8 nitrogen and oxygen atoms in total. The van der Waals surface area contributed by atoms with Crippen molar-refractivity contribution in [1.82, 2.24) is 4.58 Å². The van der Waals surface area contributed by atoms with Crippen molar-refractivity contribution in [2.24, 2.45) is 0 Å². The van der Waals surface area contributed by atoms with Gasteiger partial charge in [0.25, 0.3) is 0 Å². The molecule has 4 aromatic carbocycles. The summed E-state index contributed by atoms with van der Waals surface area (Å²) in [5.41, 5.74) is 5.07. The van der Waals surface area contributed by atoms with Gasteiger partial charge in [-0.3, -0.25) is 4.79 Å². The number of aromatic hydroxyl groups is 1. The Kier molecular flexibility index (Phi) is 7.60. The Hall–Kier alpha value is -5.11. The SMILES string of the molecule is CC1CC(C)(C)[N+](CCCC(=O)O)=c2cc3c(cc21)=C(c1ccccc1C(=O)O)c1ccc(N(C)c2ccc(O)cc2)cc1O3. The first-order chi connectivity index (χ1) is 21.4. The van der Waals surface area contributed by atoms with Crippen molar-refractivity contribution in [2.45, 2.75) is 51.5 Å². The molecule has 0 aromatic heterocycles. The molecular formula is C37H37N2O6+. The van der Waals surface area contributed by atoms with Gasteiger partial charge in [-0.1, -0.05) is 25.1 Å². The smallest absolute Gasteiger partial charge is 0.336 e. The number of hydrogen-bond donors (Lipinski definition) is 3. The molecule has 0 amide bonds. The van der Waals surface area contributed by atoms with Crippen molar-refractivity contribution in [3.8, 4) is 17.2 Å². The van der Waals surface area contributed by atoms with Crippen molar-refractivity contribution in [3.63, 3.8) is 0 Å². The number of aliphatic carboxylic acids is 1. The molecule has 0 radical (unpaired) electrons. The molecule has 3 N–H and O–H groups in total. The van der Waals surface area contributed by atoms with Crippen LogP contribution in [-0.2, 0) is 4.79 Å². The number of carbonyl (C=O) groups is 2. The standard InChI is InChI=1S/C37H36N2O6/c1-22-21-37(2,3)39(17-7-10-34(41)42)31-20-33-30(19-29(22)31)35(26-8-5-6-9-27(26)36(43)44)28-16-13-24(18-32(28)45-33)38(4)23-11-14-25(40)15-12-23/h5-6,8-9,11-16,18-20,22H,7,10,17,21H2,1-4H3,(H2-,40,41,42,43,44)/p+1. The lowest BCUT2D eigenvalue weighted by atomic mass is 9.81. The third-order valence-corrected chi connectivity index (χ3v) is 9.03. The van der Waals surface area contributed by atoms with E-state index in [2.05, 4.69) is 31.4 Å². The maximum atomic E-state index is 12.4. The van der Waals surface area contributed by atoms with E-state index in [1.54, 1.807) is 24.3 Å². The number of benzene rings is 4. The van der Waals surface area contributed by atoms with Crippen LogP contribution in [0.25, 0.3) is 5.57 Å². The first kappa shape index (κ1) is 29.9. The molecule has 1 unspecified atom stereocenters. The van der Waals surface area contributed by atoms with Gasteiger partial charge in [0, 0.05) is 59.2 Å². The molecule has 45 heavy (non-hydrogen) atoms. The van der Waals surface area contributed by atoms with Crippen LogP contribution in [0.4, 0.5) is 11.4 Å².